The molecule has 148 valence electrons. The molecule has 8 nitrogen and oxygen atoms in total. The number of nitrogens with zero attached hydrogens (tertiary/aromatic N) is 1. The van der Waals surface area contributed by atoms with E-state index in [-0.39, 0.29) is 23.9 Å². The van der Waals surface area contributed by atoms with Gasteiger partial charge in [-0.1, -0.05) is 18.2 Å². The lowest BCUT2D eigenvalue weighted by Crippen LogP contribution is -2.23. The summed E-state index contributed by atoms with van der Waals surface area (Å²) in [7, 11) is 1.55. The van der Waals surface area contributed by atoms with Crippen LogP contribution in [0.3, 0.4) is 0 Å². The first kappa shape index (κ1) is 19.6. The van der Waals surface area contributed by atoms with Gasteiger partial charge in [0.2, 0.25) is 0 Å². The fourth-order valence-electron chi connectivity index (χ4n) is 3.00. The summed E-state index contributed by atoms with van der Waals surface area (Å²) in [5, 5.41) is 13.8. The van der Waals surface area contributed by atoms with Crippen LogP contribution in [0.5, 0.6) is 11.5 Å². The number of nitrogens with one attached hydrogen (secondary N) is 1. The molecule has 1 N–H and O–H groups in total. The van der Waals surface area contributed by atoms with E-state index in [0.717, 1.165) is 25.0 Å². The van der Waals surface area contributed by atoms with Crippen molar-refractivity contribution >= 4 is 11.6 Å². The van der Waals surface area contributed by atoms with Crippen molar-refractivity contribution in [3.63, 3.8) is 0 Å². The monoisotopic (exact) mass is 386 g/mol. The van der Waals surface area contributed by atoms with Gasteiger partial charge in [0, 0.05) is 19.2 Å². The molecule has 1 amide bonds. The Morgan fingerprint density at radius 1 is 1.29 bits per heavy atom. The Labute approximate surface area is 162 Å². The molecule has 1 aliphatic rings. The highest BCUT2D eigenvalue weighted by Gasteiger charge is 2.19. The molecule has 1 atom stereocenters. The molecule has 0 radical (unpaired) electrons. The van der Waals surface area contributed by atoms with Crippen LogP contribution in [-0.4, -0.2) is 37.3 Å². The zero-order chi connectivity index (χ0) is 19.9. The standard InChI is InChI=1S/C20H22N2O6/c1-26-19-11-14(8-9-18(19)28-13-15-5-4-10-27-15)12-21-20(23)16-6-2-3-7-17(16)22(24)25/h2-3,6-9,11,15H,4-5,10,12-13H2,1H3,(H,21,23)/t15-/m0/s1. The molecular weight excluding hydrogens is 364 g/mol. The topological polar surface area (TPSA) is 99.9 Å². The highest BCUT2D eigenvalue weighted by Crippen LogP contribution is 2.29. The SMILES string of the molecule is COc1cc(CNC(=O)c2ccccc2[N+](=O)[O-])ccc1OC[C@@H]1CCCO1. The Balaban J connectivity index is 1.62. The van der Waals surface area contributed by atoms with Gasteiger partial charge < -0.3 is 19.5 Å². The molecule has 0 aromatic heterocycles. The summed E-state index contributed by atoms with van der Waals surface area (Å²) in [6, 6.07) is 11.2. The van der Waals surface area contributed by atoms with Crippen molar-refractivity contribution in [3.05, 3.63) is 63.7 Å². The molecule has 8 heteroatoms. The number of carbonyl (C=O) groups excluding carboxylic acids is 1. The first-order valence-electron chi connectivity index (χ1n) is 9.01. The summed E-state index contributed by atoms with van der Waals surface area (Å²) in [4.78, 5) is 22.8. The minimum absolute atomic E-state index is 0.0241. The molecule has 2 aromatic rings. The average Bonchev–Trinajstić information content (AvgIpc) is 3.24. The Bertz CT molecular complexity index is 848. The average molecular weight is 386 g/mol. The van der Waals surface area contributed by atoms with Crippen LogP contribution in [0, 0.1) is 10.1 Å². The zero-order valence-electron chi connectivity index (χ0n) is 15.6. The second-order valence-corrected chi connectivity index (χ2v) is 6.39. The van der Waals surface area contributed by atoms with Crippen LogP contribution in [0.15, 0.2) is 42.5 Å². The van der Waals surface area contributed by atoms with Gasteiger partial charge in [-0.3, -0.25) is 14.9 Å². The lowest BCUT2D eigenvalue weighted by Gasteiger charge is -2.15. The van der Waals surface area contributed by atoms with Crippen LogP contribution in [0.2, 0.25) is 0 Å². The molecule has 0 unspecified atom stereocenters. The Hall–Kier alpha value is -3.13. The maximum absolute atomic E-state index is 12.3. The lowest BCUT2D eigenvalue weighted by atomic mass is 10.1. The second-order valence-electron chi connectivity index (χ2n) is 6.39. The Morgan fingerprint density at radius 2 is 2.11 bits per heavy atom. The maximum Gasteiger partial charge on any atom is 0.282 e. The number of hydrogen-bond acceptors (Lipinski definition) is 6. The van der Waals surface area contributed by atoms with Gasteiger partial charge in [0.1, 0.15) is 12.2 Å². The van der Waals surface area contributed by atoms with Crippen LogP contribution >= 0.6 is 0 Å². The second kappa shape index (κ2) is 9.18. The first-order chi connectivity index (χ1) is 13.6. The number of rotatable bonds is 8. The zero-order valence-corrected chi connectivity index (χ0v) is 15.6. The number of nitro benzene ring substituents is 1. The fourth-order valence-corrected chi connectivity index (χ4v) is 3.00. The quantitative estimate of drug-likeness (QED) is 0.553. The molecule has 1 aliphatic heterocycles. The van der Waals surface area contributed by atoms with Crippen LogP contribution in [-0.2, 0) is 11.3 Å². The summed E-state index contributed by atoms with van der Waals surface area (Å²) >= 11 is 0. The van der Waals surface area contributed by atoms with Crippen molar-refractivity contribution < 1.29 is 23.9 Å². The van der Waals surface area contributed by atoms with Gasteiger partial charge in [0.15, 0.2) is 11.5 Å². The third-order valence-electron chi connectivity index (χ3n) is 4.48. The summed E-state index contributed by atoms with van der Waals surface area (Å²) in [6.45, 7) is 1.43. The fraction of sp³-hybridized carbons (Fsp3) is 0.350. The van der Waals surface area contributed by atoms with Crippen molar-refractivity contribution in [1.29, 1.82) is 0 Å². The number of nitro groups is 1. The van der Waals surface area contributed by atoms with Crippen molar-refractivity contribution in [2.24, 2.45) is 0 Å². The van der Waals surface area contributed by atoms with Crippen LogP contribution in [0.25, 0.3) is 0 Å². The maximum atomic E-state index is 12.3. The van der Waals surface area contributed by atoms with Crippen LogP contribution in [0.1, 0.15) is 28.8 Å². The summed E-state index contributed by atoms with van der Waals surface area (Å²) in [5.41, 5.74) is 0.583. The van der Waals surface area contributed by atoms with E-state index in [2.05, 4.69) is 5.32 Å². The molecule has 2 aromatic carbocycles. The van der Waals surface area contributed by atoms with E-state index < -0.39 is 10.8 Å². The number of methoxy groups -OCH3 is 1. The van der Waals surface area contributed by atoms with E-state index in [4.69, 9.17) is 14.2 Å². The number of hydrogen-bond donors (Lipinski definition) is 1. The summed E-state index contributed by atoms with van der Waals surface area (Å²) in [6.07, 6.45) is 2.13. The van der Waals surface area contributed by atoms with Crippen molar-refractivity contribution in [1.82, 2.24) is 5.32 Å². The summed E-state index contributed by atoms with van der Waals surface area (Å²) < 4.78 is 16.7. The number of ether oxygens (including phenoxy) is 3. The van der Waals surface area contributed by atoms with E-state index in [9.17, 15) is 14.9 Å². The van der Waals surface area contributed by atoms with Crippen molar-refractivity contribution in [2.75, 3.05) is 20.3 Å². The van der Waals surface area contributed by atoms with Crippen molar-refractivity contribution in [2.45, 2.75) is 25.5 Å². The van der Waals surface area contributed by atoms with Gasteiger partial charge in [-0.05, 0) is 36.6 Å². The third-order valence-corrected chi connectivity index (χ3v) is 4.48. The Morgan fingerprint density at radius 3 is 2.82 bits per heavy atom. The Kier molecular flexibility index (Phi) is 6.44. The molecule has 1 saturated heterocycles. The molecule has 28 heavy (non-hydrogen) atoms. The summed E-state index contributed by atoms with van der Waals surface area (Å²) in [5.74, 6) is 0.646. The highest BCUT2D eigenvalue weighted by atomic mass is 16.6. The smallest absolute Gasteiger partial charge is 0.282 e. The molecule has 0 saturated carbocycles. The van der Waals surface area contributed by atoms with Gasteiger partial charge in [-0.25, -0.2) is 0 Å². The van der Waals surface area contributed by atoms with Gasteiger partial charge in [0.05, 0.1) is 18.1 Å². The largest absolute Gasteiger partial charge is 0.493 e. The molecule has 0 spiro atoms. The normalized spacial score (nSPS) is 15.8. The van der Waals surface area contributed by atoms with Gasteiger partial charge in [-0.15, -0.1) is 0 Å². The van der Waals surface area contributed by atoms with E-state index in [1.165, 1.54) is 18.2 Å². The third kappa shape index (κ3) is 4.77. The van der Waals surface area contributed by atoms with Crippen LogP contribution in [0.4, 0.5) is 5.69 Å². The van der Waals surface area contributed by atoms with Crippen LogP contribution < -0.4 is 14.8 Å². The molecule has 1 fully saturated rings. The van der Waals surface area contributed by atoms with Gasteiger partial charge in [0.25, 0.3) is 11.6 Å². The number of amides is 1. The molecule has 0 bridgehead atoms. The van der Waals surface area contributed by atoms with Gasteiger partial charge in [-0.2, -0.15) is 0 Å². The predicted octanol–water partition coefficient (Wildman–Crippen LogP) is 3.09. The minimum atomic E-state index is -0.571. The van der Waals surface area contributed by atoms with E-state index in [1.54, 1.807) is 25.3 Å². The molecular formula is C20H22N2O6. The number of para-hydroxylation sites is 1. The van der Waals surface area contributed by atoms with Gasteiger partial charge >= 0.3 is 0 Å². The lowest BCUT2D eigenvalue weighted by molar-refractivity contribution is -0.385. The molecule has 0 aliphatic carbocycles. The molecule has 1 heterocycles. The highest BCUT2D eigenvalue weighted by molar-refractivity contribution is 5.98. The minimum Gasteiger partial charge on any atom is -0.493 e. The predicted molar refractivity (Wildman–Crippen MR) is 102 cm³/mol. The van der Waals surface area contributed by atoms with E-state index in [0.29, 0.717) is 18.1 Å². The number of benzene rings is 2. The first-order valence-corrected chi connectivity index (χ1v) is 9.01. The number of carbonyl (C=O) groups is 1. The van der Waals surface area contributed by atoms with Crippen molar-refractivity contribution in [3.8, 4) is 11.5 Å². The van der Waals surface area contributed by atoms with E-state index >= 15 is 0 Å². The van der Waals surface area contributed by atoms with E-state index in [1.807, 2.05) is 6.07 Å². The molecule has 3 rings (SSSR count).